The fraction of sp³-hybridized carbons (Fsp3) is 0.238. The molecule has 0 bridgehead atoms. The third kappa shape index (κ3) is 5.63. The van der Waals surface area contributed by atoms with Gasteiger partial charge < -0.3 is 21.1 Å². The molecule has 1 amide bonds. The average molecular weight is 453 g/mol. The first-order chi connectivity index (χ1) is 15.6. The van der Waals surface area contributed by atoms with Crippen LogP contribution < -0.4 is 16.0 Å². The molecular weight excluding hydrogens is 428 g/mol. The second-order valence-electron chi connectivity index (χ2n) is 7.07. The number of aliphatic hydroxyl groups is 1. The number of aromatic nitrogens is 5. The molecule has 0 fully saturated rings. The summed E-state index contributed by atoms with van der Waals surface area (Å²) in [5.41, 5.74) is 2.51. The van der Waals surface area contributed by atoms with Crippen molar-refractivity contribution in [3.8, 4) is 0 Å². The zero-order valence-corrected chi connectivity index (χ0v) is 18.3. The number of aliphatic hydroxyl groups excluding tert-OH is 1. The zero-order valence-electron chi connectivity index (χ0n) is 17.5. The molecule has 1 aromatic carbocycles. The van der Waals surface area contributed by atoms with Crippen molar-refractivity contribution in [2.45, 2.75) is 23.4 Å². The van der Waals surface area contributed by atoms with Gasteiger partial charge in [0.2, 0.25) is 11.1 Å². The topological polar surface area (TPSA) is 132 Å². The summed E-state index contributed by atoms with van der Waals surface area (Å²) < 4.78 is 1.77. The van der Waals surface area contributed by atoms with Crippen LogP contribution in [0.1, 0.15) is 12.1 Å². The number of fused-ring (bicyclic) bond motifs is 1. The molecule has 4 rings (SSSR count). The van der Waals surface area contributed by atoms with Crippen molar-refractivity contribution in [2.24, 2.45) is 0 Å². The lowest BCUT2D eigenvalue weighted by Crippen LogP contribution is -2.29. The van der Waals surface area contributed by atoms with Crippen molar-refractivity contribution in [2.75, 3.05) is 30.3 Å². The van der Waals surface area contributed by atoms with E-state index in [1.54, 1.807) is 4.52 Å². The van der Waals surface area contributed by atoms with Crippen LogP contribution in [0.3, 0.4) is 0 Å². The van der Waals surface area contributed by atoms with Crippen LogP contribution in [0.15, 0.2) is 58.7 Å². The minimum atomic E-state index is -0.131. The van der Waals surface area contributed by atoms with E-state index < -0.39 is 0 Å². The maximum Gasteiger partial charge on any atom is 0.238 e. The molecular formula is C21H24N8O2S. The van der Waals surface area contributed by atoms with E-state index in [9.17, 15) is 4.79 Å². The normalized spacial score (nSPS) is 11.1. The second kappa shape index (κ2) is 10.3. The Labute approximate surface area is 188 Å². The maximum atomic E-state index is 12.0. The Hall–Kier alpha value is -3.41. The summed E-state index contributed by atoms with van der Waals surface area (Å²) in [5.74, 6) is 1.22. The van der Waals surface area contributed by atoms with Gasteiger partial charge in [-0.1, -0.05) is 0 Å². The highest BCUT2D eigenvalue weighted by Crippen LogP contribution is 2.28. The fourth-order valence-corrected chi connectivity index (χ4v) is 3.72. The first kappa shape index (κ1) is 21.8. The van der Waals surface area contributed by atoms with E-state index in [2.05, 4.69) is 36.2 Å². The SMILES string of the molecule is Cc1cc(Nc2nc(Sc3ccc(NC(=O)CNCCCO)cc3)nn3cccc23)n[nH]1. The number of hydrogen-bond donors (Lipinski definition) is 5. The summed E-state index contributed by atoms with van der Waals surface area (Å²) in [6.07, 6.45) is 2.49. The number of amides is 1. The molecule has 0 aliphatic heterocycles. The van der Waals surface area contributed by atoms with Crippen molar-refractivity contribution in [1.29, 1.82) is 0 Å². The lowest BCUT2D eigenvalue weighted by Gasteiger charge is -2.09. The van der Waals surface area contributed by atoms with E-state index in [1.165, 1.54) is 11.8 Å². The Morgan fingerprint density at radius 1 is 1.25 bits per heavy atom. The summed E-state index contributed by atoms with van der Waals surface area (Å²) in [5, 5.41) is 30.1. The largest absolute Gasteiger partial charge is 0.396 e. The minimum Gasteiger partial charge on any atom is -0.396 e. The Bertz CT molecular complexity index is 1190. The van der Waals surface area contributed by atoms with Gasteiger partial charge in [0.15, 0.2) is 11.6 Å². The van der Waals surface area contributed by atoms with E-state index in [4.69, 9.17) is 5.11 Å². The zero-order chi connectivity index (χ0) is 22.3. The molecule has 0 saturated heterocycles. The molecule has 0 atom stereocenters. The number of rotatable bonds is 10. The highest BCUT2D eigenvalue weighted by atomic mass is 32.2. The predicted molar refractivity (Wildman–Crippen MR) is 123 cm³/mol. The number of nitrogens with one attached hydrogen (secondary N) is 4. The van der Waals surface area contributed by atoms with Gasteiger partial charge in [-0.25, -0.2) is 9.50 Å². The molecule has 11 heteroatoms. The Morgan fingerprint density at radius 2 is 2.09 bits per heavy atom. The third-order valence-corrected chi connectivity index (χ3v) is 5.33. The van der Waals surface area contributed by atoms with Gasteiger partial charge in [-0.15, -0.1) is 5.10 Å². The number of aromatic amines is 1. The molecule has 3 heterocycles. The average Bonchev–Trinajstić information content (AvgIpc) is 3.41. The monoisotopic (exact) mass is 452 g/mol. The first-order valence-electron chi connectivity index (χ1n) is 10.1. The highest BCUT2D eigenvalue weighted by Gasteiger charge is 2.11. The van der Waals surface area contributed by atoms with Crippen LogP contribution in [0.5, 0.6) is 0 Å². The molecule has 4 aromatic rings. The molecule has 0 aliphatic carbocycles. The van der Waals surface area contributed by atoms with Gasteiger partial charge >= 0.3 is 0 Å². The first-order valence-corrected chi connectivity index (χ1v) is 11.0. The van der Waals surface area contributed by atoms with Crippen LogP contribution >= 0.6 is 11.8 Å². The Balaban J connectivity index is 1.42. The fourth-order valence-electron chi connectivity index (χ4n) is 2.98. The summed E-state index contributed by atoms with van der Waals surface area (Å²) in [7, 11) is 0. The van der Waals surface area contributed by atoms with Crippen LogP contribution in [0.2, 0.25) is 0 Å². The van der Waals surface area contributed by atoms with Gasteiger partial charge in [0.05, 0.1) is 6.54 Å². The van der Waals surface area contributed by atoms with E-state index in [0.717, 1.165) is 16.1 Å². The number of carbonyl (C=O) groups excluding carboxylic acids is 1. The van der Waals surface area contributed by atoms with Crippen molar-refractivity contribution in [1.82, 2.24) is 30.1 Å². The molecule has 10 nitrogen and oxygen atoms in total. The molecule has 0 aliphatic rings. The van der Waals surface area contributed by atoms with Crippen molar-refractivity contribution in [3.05, 3.63) is 54.4 Å². The molecule has 0 spiro atoms. The van der Waals surface area contributed by atoms with E-state index >= 15 is 0 Å². The quantitative estimate of drug-likeness (QED) is 0.232. The van der Waals surface area contributed by atoms with Crippen LogP contribution in [0.25, 0.3) is 5.52 Å². The smallest absolute Gasteiger partial charge is 0.238 e. The molecule has 166 valence electrons. The van der Waals surface area contributed by atoms with Crippen LogP contribution in [-0.4, -0.2) is 55.5 Å². The van der Waals surface area contributed by atoms with E-state index in [-0.39, 0.29) is 19.1 Å². The predicted octanol–water partition coefficient (Wildman–Crippen LogP) is 2.57. The molecule has 3 aromatic heterocycles. The number of aryl methyl sites for hydroxylation is 1. The summed E-state index contributed by atoms with van der Waals surface area (Å²) >= 11 is 1.42. The molecule has 0 radical (unpaired) electrons. The van der Waals surface area contributed by atoms with Gasteiger partial charge in [0, 0.05) is 35.1 Å². The summed E-state index contributed by atoms with van der Waals surface area (Å²) in [6, 6.07) is 13.3. The highest BCUT2D eigenvalue weighted by molar-refractivity contribution is 7.99. The van der Waals surface area contributed by atoms with Crippen molar-refractivity contribution in [3.63, 3.8) is 0 Å². The Kier molecular flexibility index (Phi) is 7.00. The van der Waals surface area contributed by atoms with E-state index in [1.807, 2.05) is 55.6 Å². The van der Waals surface area contributed by atoms with Crippen molar-refractivity contribution < 1.29 is 9.90 Å². The van der Waals surface area contributed by atoms with Gasteiger partial charge in [0.1, 0.15) is 5.52 Å². The molecule has 0 saturated carbocycles. The molecule has 0 unspecified atom stereocenters. The second-order valence-corrected chi connectivity index (χ2v) is 8.11. The number of anilines is 3. The lowest BCUT2D eigenvalue weighted by atomic mass is 10.3. The number of hydrogen-bond acceptors (Lipinski definition) is 8. The molecule has 32 heavy (non-hydrogen) atoms. The lowest BCUT2D eigenvalue weighted by molar-refractivity contribution is -0.115. The van der Waals surface area contributed by atoms with Gasteiger partial charge in [-0.05, 0) is 68.0 Å². The van der Waals surface area contributed by atoms with Gasteiger partial charge in [0.25, 0.3) is 0 Å². The van der Waals surface area contributed by atoms with Gasteiger partial charge in [-0.2, -0.15) is 5.10 Å². The third-order valence-electron chi connectivity index (χ3n) is 4.47. The van der Waals surface area contributed by atoms with Crippen LogP contribution in [0, 0.1) is 6.92 Å². The standard InChI is InChI=1S/C21H24N8O2S/c1-14-12-18(27-26-14)24-20-17-4-2-10-29(17)28-21(25-20)32-16-7-5-15(6-8-16)23-19(31)13-22-9-3-11-30/h2,4-8,10,12,22,30H,3,9,11,13H2,1H3,(H,23,31)(H2,24,25,26,27,28). The number of H-pyrrole nitrogens is 1. The van der Waals surface area contributed by atoms with E-state index in [0.29, 0.717) is 35.4 Å². The number of benzene rings is 1. The van der Waals surface area contributed by atoms with Crippen LogP contribution in [-0.2, 0) is 4.79 Å². The summed E-state index contributed by atoms with van der Waals surface area (Å²) in [4.78, 5) is 17.6. The van der Waals surface area contributed by atoms with Crippen molar-refractivity contribution >= 4 is 40.5 Å². The maximum absolute atomic E-state index is 12.0. The molecule has 5 N–H and O–H groups in total. The number of nitrogens with zero attached hydrogens (tertiary/aromatic N) is 4. The Morgan fingerprint density at radius 3 is 2.84 bits per heavy atom. The van der Waals surface area contributed by atoms with Gasteiger partial charge in [-0.3, -0.25) is 9.89 Å². The minimum absolute atomic E-state index is 0.106. The number of carbonyl (C=O) groups is 1. The van der Waals surface area contributed by atoms with Crippen LogP contribution in [0.4, 0.5) is 17.3 Å². The summed E-state index contributed by atoms with van der Waals surface area (Å²) in [6.45, 7) is 2.84.